The number of aliphatic hydroxyl groups is 1. The first-order valence-electron chi connectivity index (χ1n) is 7.43. The molecule has 0 aromatic rings. The van der Waals surface area contributed by atoms with Gasteiger partial charge in [0.1, 0.15) is 0 Å². The first-order chi connectivity index (χ1) is 9.95. The molecule has 0 saturated carbocycles. The molecule has 122 valence electrons. The molecule has 0 bridgehead atoms. The van der Waals surface area contributed by atoms with E-state index >= 15 is 0 Å². The molecule has 0 heterocycles. The Kier molecular flexibility index (Phi) is 16.8. The number of hydrogen-bond acceptors (Lipinski definition) is 5. The molecule has 0 aliphatic carbocycles. The predicted octanol–water partition coefficient (Wildman–Crippen LogP) is -2.00. The average molecular weight is 322 g/mol. The molecule has 1 unspecified atom stereocenters. The fraction of sp³-hybridized carbons (Fsp3) is 0.733. The normalized spacial score (nSPS) is 13.4. The number of allylic oxidation sites excluding steroid dienone is 2. The Bertz CT molecular complexity index is 346. The van der Waals surface area contributed by atoms with Gasteiger partial charge in [-0.25, -0.2) is 0 Å². The fourth-order valence-corrected chi connectivity index (χ4v) is 1.76. The van der Waals surface area contributed by atoms with Crippen molar-refractivity contribution in [2.45, 2.75) is 52.1 Å². The molecule has 0 rings (SSSR count). The first-order valence-corrected chi connectivity index (χ1v) is 7.43. The Morgan fingerprint density at radius 2 is 2.05 bits per heavy atom. The second-order valence-corrected chi connectivity index (χ2v) is 5.03. The Balaban J connectivity index is 0. The zero-order chi connectivity index (χ0) is 16.1. The molecular formula is C15H27N2NaO4. The van der Waals surface area contributed by atoms with Gasteiger partial charge >= 0.3 is 35.5 Å². The molecule has 2 N–H and O–H groups in total. The molecule has 6 nitrogen and oxygen atoms in total. The number of aliphatic carboxylic acids is 1. The summed E-state index contributed by atoms with van der Waals surface area (Å²) in [5.74, 6) is -1.08. The van der Waals surface area contributed by atoms with Gasteiger partial charge in [-0.2, -0.15) is 0 Å². The van der Waals surface area contributed by atoms with Gasteiger partial charge < -0.3 is 15.3 Å². The second kappa shape index (κ2) is 15.5. The van der Waals surface area contributed by atoms with Crippen LogP contribution >= 0.6 is 0 Å². The molecule has 0 aromatic heterocycles. The van der Waals surface area contributed by atoms with E-state index in [1.807, 2.05) is 0 Å². The number of rotatable bonds is 12. The van der Waals surface area contributed by atoms with Crippen LogP contribution in [0.3, 0.4) is 0 Å². The monoisotopic (exact) mass is 322 g/mol. The minimum absolute atomic E-state index is 0. The molecule has 0 aliphatic rings. The van der Waals surface area contributed by atoms with Crippen LogP contribution in [0.4, 0.5) is 0 Å². The van der Waals surface area contributed by atoms with Crippen LogP contribution in [-0.2, 0) is 4.79 Å². The summed E-state index contributed by atoms with van der Waals surface area (Å²) in [6, 6.07) is 0. The van der Waals surface area contributed by atoms with E-state index in [-0.39, 0.29) is 55.1 Å². The van der Waals surface area contributed by atoms with E-state index in [0.717, 1.165) is 19.3 Å². The number of carboxylic acids is 1. The molecular weight excluding hydrogens is 295 g/mol. The van der Waals surface area contributed by atoms with Gasteiger partial charge in [0.2, 0.25) is 0 Å². The van der Waals surface area contributed by atoms with E-state index in [9.17, 15) is 15.0 Å². The van der Waals surface area contributed by atoms with Crippen LogP contribution in [0.5, 0.6) is 0 Å². The molecule has 22 heavy (non-hydrogen) atoms. The number of carbonyl (C=O) groups is 1. The van der Waals surface area contributed by atoms with Crippen molar-refractivity contribution in [1.29, 1.82) is 0 Å². The molecule has 0 aliphatic heterocycles. The van der Waals surface area contributed by atoms with E-state index < -0.39 is 12.1 Å². The third kappa shape index (κ3) is 16.0. The second-order valence-electron chi connectivity index (χ2n) is 5.03. The summed E-state index contributed by atoms with van der Waals surface area (Å²) < 4.78 is 0. The summed E-state index contributed by atoms with van der Waals surface area (Å²) >= 11 is 0. The Morgan fingerprint density at radius 1 is 1.36 bits per heavy atom. The molecule has 0 radical (unpaired) electrons. The van der Waals surface area contributed by atoms with Crippen LogP contribution in [0.1, 0.15) is 46.0 Å². The van der Waals surface area contributed by atoms with Gasteiger partial charge in [-0.15, -0.1) is 0 Å². The zero-order valence-corrected chi connectivity index (χ0v) is 16.0. The summed E-state index contributed by atoms with van der Waals surface area (Å²) in [6.07, 6.45) is 6.54. The van der Waals surface area contributed by atoms with Gasteiger partial charge in [-0.3, -0.25) is 14.7 Å². The molecule has 0 fully saturated rings. The predicted molar refractivity (Wildman–Crippen MR) is 81.1 cm³/mol. The zero-order valence-electron chi connectivity index (χ0n) is 14.0. The minimum atomic E-state index is -0.903. The van der Waals surface area contributed by atoms with Gasteiger partial charge in [0, 0.05) is 13.1 Å². The maximum Gasteiger partial charge on any atom is 1.00 e. The van der Waals surface area contributed by atoms with E-state index in [2.05, 4.69) is 24.1 Å². The van der Waals surface area contributed by atoms with Gasteiger partial charge in [0.25, 0.3) is 0 Å². The van der Waals surface area contributed by atoms with Crippen molar-refractivity contribution >= 4 is 11.9 Å². The van der Waals surface area contributed by atoms with Crippen LogP contribution in [0.25, 0.3) is 0 Å². The summed E-state index contributed by atoms with van der Waals surface area (Å²) in [4.78, 5) is 16.2. The van der Waals surface area contributed by atoms with Crippen molar-refractivity contribution < 1.29 is 49.7 Å². The standard InChI is InChI=1S/C15H28N2O4.Na/c1-3-4-5-6-7-8-14(19)16-12-17(11-13(2)18)10-9-15(20)21;/h4-5,13,18H,3,6-12H2,1-2H3,(H,16,19)(H,20,21);/q;+1/p-1/b5-4+;. The number of aliphatic imine (C=N–C) groups is 1. The van der Waals surface area contributed by atoms with Gasteiger partial charge in [-0.1, -0.05) is 19.1 Å². The van der Waals surface area contributed by atoms with Crippen molar-refractivity contribution in [2.24, 2.45) is 4.99 Å². The molecule has 0 spiro atoms. The Morgan fingerprint density at radius 3 is 2.59 bits per heavy atom. The molecule has 1 atom stereocenters. The SMILES string of the molecule is CC/C=C/CCCC([O-])=NCN(CCC(=O)O)CC(C)O.[Na+]. The van der Waals surface area contributed by atoms with Gasteiger partial charge in [-0.05, 0) is 38.5 Å². The van der Waals surface area contributed by atoms with Crippen molar-refractivity contribution in [1.82, 2.24) is 4.90 Å². The topological polar surface area (TPSA) is 96.2 Å². The Labute approximate surface area is 155 Å². The van der Waals surface area contributed by atoms with Crippen LogP contribution in [-0.4, -0.2) is 52.8 Å². The van der Waals surface area contributed by atoms with Crippen molar-refractivity contribution in [2.75, 3.05) is 19.8 Å². The number of aliphatic hydroxyl groups excluding tert-OH is 1. The largest absolute Gasteiger partial charge is 1.00 e. The van der Waals surface area contributed by atoms with Crippen molar-refractivity contribution in [3.63, 3.8) is 0 Å². The van der Waals surface area contributed by atoms with Crippen LogP contribution in [0.2, 0.25) is 0 Å². The van der Waals surface area contributed by atoms with Crippen molar-refractivity contribution in [3.8, 4) is 0 Å². The number of hydrogen-bond donors (Lipinski definition) is 2. The van der Waals surface area contributed by atoms with E-state index in [1.54, 1.807) is 11.8 Å². The smallest absolute Gasteiger partial charge is 0.862 e. The number of nitrogens with zero attached hydrogens (tertiary/aromatic N) is 2. The van der Waals surface area contributed by atoms with Crippen LogP contribution in [0.15, 0.2) is 17.1 Å². The van der Waals surface area contributed by atoms with E-state index in [1.165, 1.54) is 0 Å². The van der Waals surface area contributed by atoms with E-state index in [4.69, 9.17) is 5.11 Å². The van der Waals surface area contributed by atoms with E-state index in [0.29, 0.717) is 13.0 Å². The first kappa shape index (κ1) is 23.9. The van der Waals surface area contributed by atoms with Gasteiger partial charge in [0.15, 0.2) is 0 Å². The number of unbranched alkanes of at least 4 members (excludes halogenated alkanes) is 1. The molecule has 0 aromatic carbocycles. The molecule has 0 amide bonds. The minimum Gasteiger partial charge on any atom is -0.862 e. The summed E-state index contributed by atoms with van der Waals surface area (Å²) in [7, 11) is 0. The van der Waals surface area contributed by atoms with Crippen LogP contribution in [0, 0.1) is 0 Å². The maximum absolute atomic E-state index is 11.6. The third-order valence-electron chi connectivity index (χ3n) is 2.78. The van der Waals surface area contributed by atoms with Crippen molar-refractivity contribution in [3.05, 3.63) is 12.2 Å². The molecule has 7 heteroatoms. The summed E-state index contributed by atoms with van der Waals surface area (Å²) in [5.41, 5.74) is 0. The fourth-order valence-electron chi connectivity index (χ4n) is 1.76. The molecule has 0 saturated heterocycles. The summed E-state index contributed by atoms with van der Waals surface area (Å²) in [5, 5.41) is 29.6. The summed E-state index contributed by atoms with van der Waals surface area (Å²) in [6.45, 7) is 4.40. The Hall–Kier alpha value is -0.400. The maximum atomic E-state index is 11.6. The average Bonchev–Trinajstić information content (AvgIpc) is 2.41. The van der Waals surface area contributed by atoms with Crippen LogP contribution < -0.4 is 34.7 Å². The number of carboxylic acid groups (broad SMARTS) is 1. The van der Waals surface area contributed by atoms with Gasteiger partial charge in [0.05, 0.1) is 19.2 Å². The third-order valence-corrected chi connectivity index (χ3v) is 2.78. The quantitative estimate of drug-likeness (QED) is 0.142.